The maximum absolute atomic E-state index is 15.3. The highest BCUT2D eigenvalue weighted by molar-refractivity contribution is 5.74. The van der Waals surface area contributed by atoms with Crippen molar-refractivity contribution < 1.29 is 13.6 Å². The minimum Gasteiger partial charge on any atom is -0.324 e. The lowest BCUT2D eigenvalue weighted by molar-refractivity contribution is 0.0396. The van der Waals surface area contributed by atoms with Crippen LogP contribution in [0.4, 0.5) is 13.6 Å². The Kier molecular flexibility index (Phi) is 8.40. The summed E-state index contributed by atoms with van der Waals surface area (Å²) in [5, 5.41) is 22.5. The normalized spacial score (nSPS) is 19.3. The maximum atomic E-state index is 15.3. The molecule has 2 aliphatic rings. The van der Waals surface area contributed by atoms with E-state index in [1.165, 1.54) is 0 Å². The first-order valence-electron chi connectivity index (χ1n) is 12.7. The summed E-state index contributed by atoms with van der Waals surface area (Å²) in [5.41, 5.74) is 0.494. The van der Waals surface area contributed by atoms with Gasteiger partial charge < -0.3 is 20.4 Å². The van der Waals surface area contributed by atoms with Crippen LogP contribution in [-0.2, 0) is 13.1 Å². The molecule has 0 aromatic carbocycles. The largest absolute Gasteiger partial charge is 0.324 e. The Morgan fingerprint density at radius 3 is 1.47 bits per heavy atom. The minimum atomic E-state index is -1.36. The summed E-state index contributed by atoms with van der Waals surface area (Å²) in [7, 11) is 0. The highest BCUT2D eigenvalue weighted by Gasteiger charge is 2.40. The average molecular weight is 503 g/mol. The smallest absolute Gasteiger partial charge is 0.320 e. The Labute approximate surface area is 211 Å². The van der Waals surface area contributed by atoms with Gasteiger partial charge >= 0.3 is 6.03 Å². The van der Waals surface area contributed by atoms with Crippen molar-refractivity contribution in [2.24, 2.45) is 0 Å². The van der Waals surface area contributed by atoms with E-state index in [-0.39, 0.29) is 44.8 Å². The van der Waals surface area contributed by atoms with Crippen LogP contribution in [0.5, 0.6) is 0 Å². The predicted molar refractivity (Wildman–Crippen MR) is 132 cm³/mol. The number of carbonyl (C=O) groups is 1. The van der Waals surface area contributed by atoms with Crippen LogP contribution < -0.4 is 10.6 Å². The van der Waals surface area contributed by atoms with Gasteiger partial charge in [0.1, 0.15) is 11.3 Å². The third-order valence-electron chi connectivity index (χ3n) is 7.06. The summed E-state index contributed by atoms with van der Waals surface area (Å²) in [6.07, 6.45) is 1.10. The van der Waals surface area contributed by atoms with Crippen LogP contribution in [0.3, 0.4) is 0 Å². The SMILES string of the molecule is Cc1ccc(CNCC2(F)CCN(C(=O)N3CCC(F)(CNCc4ccc(C)nn4)CC3)CC2)nn1. The number of nitrogens with zero attached hydrogens (tertiary/aromatic N) is 6. The zero-order valence-corrected chi connectivity index (χ0v) is 21.1. The molecule has 11 heteroatoms. The molecule has 0 spiro atoms. The molecule has 36 heavy (non-hydrogen) atoms. The molecule has 2 aromatic heterocycles. The van der Waals surface area contributed by atoms with Crippen molar-refractivity contribution in [3.05, 3.63) is 47.0 Å². The number of urea groups is 1. The van der Waals surface area contributed by atoms with Crippen LogP contribution in [0.25, 0.3) is 0 Å². The summed E-state index contributed by atoms with van der Waals surface area (Å²) in [6.45, 7) is 6.50. The summed E-state index contributed by atoms with van der Waals surface area (Å²) >= 11 is 0. The van der Waals surface area contributed by atoms with E-state index in [4.69, 9.17) is 0 Å². The standard InChI is InChI=1S/C25H36F2N8O/c1-19-3-5-21(32-30-19)15-28-17-24(26)7-11-34(12-8-24)23(36)35-13-9-25(27,10-14-35)18-29-16-22-6-4-20(2)31-33-22/h3-6,28-29H,7-18H2,1-2H3. The number of piperidine rings is 2. The molecule has 0 bridgehead atoms. The predicted octanol–water partition coefficient (Wildman–Crippen LogP) is 2.49. The molecule has 0 saturated carbocycles. The molecule has 2 N–H and O–H groups in total. The Balaban J connectivity index is 1.15. The van der Waals surface area contributed by atoms with Crippen molar-refractivity contribution in [1.82, 2.24) is 40.8 Å². The number of hydrogen-bond donors (Lipinski definition) is 2. The number of nitrogens with one attached hydrogen (secondary N) is 2. The summed E-state index contributed by atoms with van der Waals surface area (Å²) < 4.78 is 30.5. The second-order valence-electron chi connectivity index (χ2n) is 10.1. The number of likely N-dealkylation sites (tertiary alicyclic amines) is 2. The molecule has 9 nitrogen and oxygen atoms in total. The number of aromatic nitrogens is 4. The molecule has 2 amide bonds. The molecule has 0 atom stereocenters. The van der Waals surface area contributed by atoms with E-state index in [0.717, 1.165) is 22.8 Å². The zero-order chi connectivity index (χ0) is 25.6. The number of rotatable bonds is 8. The molecule has 196 valence electrons. The van der Waals surface area contributed by atoms with E-state index in [0.29, 0.717) is 39.3 Å². The van der Waals surface area contributed by atoms with Gasteiger partial charge in [-0.2, -0.15) is 20.4 Å². The summed E-state index contributed by atoms with van der Waals surface area (Å²) in [6, 6.07) is 7.39. The van der Waals surface area contributed by atoms with E-state index in [1.807, 2.05) is 38.1 Å². The molecule has 4 heterocycles. The number of halogens is 2. The molecule has 0 radical (unpaired) electrons. The first-order valence-corrected chi connectivity index (χ1v) is 12.7. The van der Waals surface area contributed by atoms with Crippen molar-refractivity contribution in [1.29, 1.82) is 0 Å². The van der Waals surface area contributed by atoms with Crippen molar-refractivity contribution in [3.8, 4) is 0 Å². The van der Waals surface area contributed by atoms with Gasteiger partial charge in [-0.05, 0) is 38.1 Å². The van der Waals surface area contributed by atoms with Gasteiger partial charge in [0.2, 0.25) is 0 Å². The maximum Gasteiger partial charge on any atom is 0.320 e. The monoisotopic (exact) mass is 502 g/mol. The highest BCUT2D eigenvalue weighted by Crippen LogP contribution is 2.29. The molecule has 2 aromatic rings. The number of aryl methyl sites for hydroxylation is 2. The van der Waals surface area contributed by atoms with Crippen molar-refractivity contribution in [3.63, 3.8) is 0 Å². The Morgan fingerprint density at radius 1 is 0.750 bits per heavy atom. The van der Waals surface area contributed by atoms with Crippen molar-refractivity contribution in [2.45, 2.75) is 64.0 Å². The van der Waals surface area contributed by atoms with Crippen LogP contribution in [0.15, 0.2) is 24.3 Å². The third kappa shape index (κ3) is 7.13. The third-order valence-corrected chi connectivity index (χ3v) is 7.06. The van der Waals surface area contributed by atoms with Crippen LogP contribution in [0, 0.1) is 13.8 Å². The van der Waals surface area contributed by atoms with Gasteiger partial charge in [-0.25, -0.2) is 13.6 Å². The van der Waals surface area contributed by atoms with E-state index >= 15 is 8.78 Å². The molecule has 4 rings (SSSR count). The quantitative estimate of drug-likeness (QED) is 0.572. The second-order valence-corrected chi connectivity index (χ2v) is 10.1. The zero-order valence-electron chi connectivity index (χ0n) is 21.1. The number of amides is 2. The minimum absolute atomic E-state index is 0.120. The number of hydrogen-bond acceptors (Lipinski definition) is 7. The van der Waals surface area contributed by atoms with Gasteiger partial charge in [-0.3, -0.25) is 0 Å². The topological polar surface area (TPSA) is 99.2 Å². The first-order chi connectivity index (χ1) is 17.2. The van der Waals surface area contributed by atoms with Crippen LogP contribution >= 0.6 is 0 Å². The first kappa shape index (κ1) is 26.3. The van der Waals surface area contributed by atoms with Gasteiger partial charge in [0.05, 0.1) is 22.8 Å². The van der Waals surface area contributed by atoms with Gasteiger partial charge in [0, 0.05) is 78.0 Å². The lowest BCUT2D eigenvalue weighted by Crippen LogP contribution is -2.55. The average Bonchev–Trinajstić information content (AvgIpc) is 2.87. The van der Waals surface area contributed by atoms with E-state index in [9.17, 15) is 4.79 Å². The lowest BCUT2D eigenvalue weighted by atomic mass is 9.92. The fraction of sp³-hybridized carbons (Fsp3) is 0.640. The Morgan fingerprint density at radius 2 is 1.14 bits per heavy atom. The fourth-order valence-corrected chi connectivity index (χ4v) is 4.62. The lowest BCUT2D eigenvalue weighted by Gasteiger charge is -2.42. The molecule has 0 aliphatic carbocycles. The van der Waals surface area contributed by atoms with Gasteiger partial charge in [-0.15, -0.1) is 0 Å². The van der Waals surface area contributed by atoms with E-state index in [1.54, 1.807) is 9.80 Å². The summed E-state index contributed by atoms with van der Waals surface area (Å²) in [4.78, 5) is 16.4. The Bertz CT molecular complexity index is 909. The van der Waals surface area contributed by atoms with Gasteiger partial charge in [0.25, 0.3) is 0 Å². The molecule has 2 saturated heterocycles. The summed E-state index contributed by atoms with van der Waals surface area (Å²) in [5.74, 6) is 0. The molecule has 0 unspecified atom stereocenters. The fourth-order valence-electron chi connectivity index (χ4n) is 4.62. The molecular weight excluding hydrogens is 466 g/mol. The Hall–Kier alpha value is -2.79. The van der Waals surface area contributed by atoms with Crippen LogP contribution in [0.1, 0.15) is 48.5 Å². The van der Waals surface area contributed by atoms with Gasteiger partial charge in [-0.1, -0.05) is 0 Å². The highest BCUT2D eigenvalue weighted by atomic mass is 19.1. The molecule has 2 aliphatic heterocycles. The van der Waals surface area contributed by atoms with Crippen molar-refractivity contribution >= 4 is 6.03 Å². The number of alkyl halides is 2. The van der Waals surface area contributed by atoms with E-state index in [2.05, 4.69) is 31.0 Å². The number of carbonyl (C=O) groups excluding carboxylic acids is 1. The van der Waals surface area contributed by atoms with E-state index < -0.39 is 11.3 Å². The van der Waals surface area contributed by atoms with Gasteiger partial charge in [0.15, 0.2) is 0 Å². The second kappa shape index (κ2) is 11.5. The molecule has 2 fully saturated rings. The molecular formula is C25H36F2N8O. The van der Waals surface area contributed by atoms with Crippen LogP contribution in [-0.4, -0.2) is 86.8 Å². The van der Waals surface area contributed by atoms with Crippen LogP contribution in [0.2, 0.25) is 0 Å². The van der Waals surface area contributed by atoms with Crippen molar-refractivity contribution in [2.75, 3.05) is 39.3 Å².